The fourth-order valence-corrected chi connectivity index (χ4v) is 2.27. The Balaban J connectivity index is 2.15. The summed E-state index contributed by atoms with van der Waals surface area (Å²) >= 11 is 3.83. The molecule has 2 unspecified atom stereocenters. The Labute approximate surface area is 71.1 Å². The molecule has 0 radical (unpaired) electrons. The second-order valence-corrected chi connectivity index (χ2v) is 3.49. The van der Waals surface area contributed by atoms with Crippen molar-refractivity contribution in [3.63, 3.8) is 0 Å². The second-order valence-electron chi connectivity index (χ2n) is 3.11. The van der Waals surface area contributed by atoms with Gasteiger partial charge >= 0.3 is 0 Å². The van der Waals surface area contributed by atoms with Crippen molar-refractivity contribution < 1.29 is 9.53 Å². The van der Waals surface area contributed by atoms with Gasteiger partial charge in [0, 0.05) is 0 Å². The Morgan fingerprint density at radius 3 is 2.27 bits per heavy atom. The van der Waals surface area contributed by atoms with Gasteiger partial charge in [-0.15, -0.1) is 0 Å². The molecule has 2 rings (SSSR count). The first kappa shape index (κ1) is 7.43. The van der Waals surface area contributed by atoms with Gasteiger partial charge in [0.2, 0.25) is 0 Å². The van der Waals surface area contributed by atoms with Crippen LogP contribution in [0.15, 0.2) is 0 Å². The number of carbonyl (C=O) groups is 1. The Kier molecular flexibility index (Phi) is 1.81. The van der Waals surface area contributed by atoms with Crippen molar-refractivity contribution in [1.29, 1.82) is 0 Å². The molecule has 2 saturated heterocycles. The van der Waals surface area contributed by atoms with Crippen molar-refractivity contribution in [2.24, 2.45) is 0 Å². The molecule has 0 saturated carbocycles. The fraction of sp³-hybridized carbons (Fsp3) is 0.857. The molecule has 0 aliphatic carbocycles. The summed E-state index contributed by atoms with van der Waals surface area (Å²) in [6.45, 7) is 1.39. The Morgan fingerprint density at radius 1 is 1.36 bits per heavy atom. The monoisotopic (exact) mass is 173 g/mol. The molecule has 2 aliphatic heterocycles. The van der Waals surface area contributed by atoms with Gasteiger partial charge in [-0.2, -0.15) is 0 Å². The fourth-order valence-electron chi connectivity index (χ4n) is 1.94. The van der Waals surface area contributed by atoms with Crippen molar-refractivity contribution >= 4 is 17.9 Å². The molecule has 2 aliphatic rings. The average molecular weight is 173 g/mol. The minimum Gasteiger partial charge on any atom is -0.377 e. The van der Waals surface area contributed by atoms with Crippen molar-refractivity contribution in [3.05, 3.63) is 0 Å². The maximum atomic E-state index is 11.0. The van der Waals surface area contributed by atoms with Gasteiger partial charge in [0.25, 0.3) is 5.24 Å². The lowest BCUT2D eigenvalue weighted by Crippen LogP contribution is -2.46. The average Bonchev–Trinajstić information content (AvgIpc) is 2.23. The molecule has 1 amide bonds. The highest BCUT2D eigenvalue weighted by Gasteiger charge is 2.39. The number of thiol groups is 1. The molecule has 2 fully saturated rings. The van der Waals surface area contributed by atoms with Crippen LogP contribution in [0.2, 0.25) is 0 Å². The van der Waals surface area contributed by atoms with Crippen LogP contribution in [0.25, 0.3) is 0 Å². The van der Waals surface area contributed by atoms with E-state index in [1.54, 1.807) is 0 Å². The zero-order valence-electron chi connectivity index (χ0n) is 6.19. The number of hydrogen-bond acceptors (Lipinski definition) is 2. The third kappa shape index (κ3) is 1.14. The van der Waals surface area contributed by atoms with Gasteiger partial charge < -0.3 is 9.64 Å². The number of nitrogens with zero attached hydrogens (tertiary/aromatic N) is 1. The third-order valence-corrected chi connectivity index (χ3v) is 2.69. The quantitative estimate of drug-likeness (QED) is 0.551. The molecule has 4 heteroatoms. The van der Waals surface area contributed by atoms with E-state index in [-0.39, 0.29) is 5.24 Å². The normalized spacial score (nSPS) is 35.9. The highest BCUT2D eigenvalue weighted by molar-refractivity contribution is 7.96. The first-order valence-corrected chi connectivity index (χ1v) is 4.33. The number of carbonyl (C=O) groups excluding carboxylic acids is 1. The standard InChI is InChI=1S/C7H11NO2S/c9-7(11)8-5-1-2-6(8)4-10-3-5/h5-6H,1-4H2,(H,9,11). The van der Waals surface area contributed by atoms with Crippen molar-refractivity contribution in [3.8, 4) is 0 Å². The minimum absolute atomic E-state index is 0.0965. The minimum atomic E-state index is -0.0965. The lowest BCUT2D eigenvalue weighted by Gasteiger charge is -2.33. The van der Waals surface area contributed by atoms with Crippen molar-refractivity contribution in [1.82, 2.24) is 4.90 Å². The molecule has 0 spiro atoms. The van der Waals surface area contributed by atoms with Crippen LogP contribution in [0.3, 0.4) is 0 Å². The summed E-state index contributed by atoms with van der Waals surface area (Å²) in [6.07, 6.45) is 2.16. The van der Waals surface area contributed by atoms with Crippen LogP contribution >= 0.6 is 12.6 Å². The lowest BCUT2D eigenvalue weighted by molar-refractivity contribution is 0.0124. The van der Waals surface area contributed by atoms with Gasteiger partial charge in [-0.3, -0.25) is 4.79 Å². The van der Waals surface area contributed by atoms with Crippen LogP contribution in [-0.4, -0.2) is 35.4 Å². The van der Waals surface area contributed by atoms with Crippen LogP contribution < -0.4 is 0 Å². The van der Waals surface area contributed by atoms with Crippen LogP contribution in [0, 0.1) is 0 Å². The predicted octanol–water partition coefficient (Wildman–Crippen LogP) is 0.899. The van der Waals surface area contributed by atoms with Gasteiger partial charge in [0.15, 0.2) is 0 Å². The summed E-state index contributed by atoms with van der Waals surface area (Å²) in [6, 6.07) is 0.609. The molecule has 0 N–H and O–H groups in total. The molecule has 0 aromatic carbocycles. The van der Waals surface area contributed by atoms with E-state index in [4.69, 9.17) is 4.74 Å². The summed E-state index contributed by atoms with van der Waals surface area (Å²) in [5.74, 6) is 0. The highest BCUT2D eigenvalue weighted by atomic mass is 32.1. The van der Waals surface area contributed by atoms with E-state index in [0.717, 1.165) is 12.8 Å². The van der Waals surface area contributed by atoms with E-state index in [0.29, 0.717) is 25.3 Å². The molecular formula is C7H11NO2S. The first-order chi connectivity index (χ1) is 5.29. The summed E-state index contributed by atoms with van der Waals surface area (Å²) in [7, 11) is 0. The molecule has 62 valence electrons. The number of amides is 1. The smallest absolute Gasteiger partial charge is 0.279 e. The third-order valence-electron chi connectivity index (χ3n) is 2.46. The summed E-state index contributed by atoms with van der Waals surface area (Å²) < 4.78 is 5.31. The topological polar surface area (TPSA) is 29.5 Å². The summed E-state index contributed by atoms with van der Waals surface area (Å²) in [5.41, 5.74) is 0. The Bertz CT molecular complexity index is 169. The Hall–Kier alpha value is -0.220. The number of hydrogen-bond donors (Lipinski definition) is 1. The van der Waals surface area contributed by atoms with Gasteiger partial charge in [0.05, 0.1) is 25.3 Å². The number of fused-ring (bicyclic) bond motifs is 2. The molecule has 2 atom stereocenters. The summed E-state index contributed by atoms with van der Waals surface area (Å²) in [4.78, 5) is 12.8. The molecule has 3 nitrogen and oxygen atoms in total. The van der Waals surface area contributed by atoms with Crippen LogP contribution in [-0.2, 0) is 4.74 Å². The molecule has 2 heterocycles. The second kappa shape index (κ2) is 2.68. The van der Waals surface area contributed by atoms with Gasteiger partial charge in [-0.25, -0.2) is 0 Å². The maximum absolute atomic E-state index is 11.0. The zero-order valence-corrected chi connectivity index (χ0v) is 7.09. The molecular weight excluding hydrogens is 162 g/mol. The van der Waals surface area contributed by atoms with E-state index in [2.05, 4.69) is 12.6 Å². The largest absolute Gasteiger partial charge is 0.377 e. The SMILES string of the molecule is O=C(S)N1C2CCC1COC2. The number of morpholine rings is 1. The lowest BCUT2D eigenvalue weighted by atomic mass is 10.2. The van der Waals surface area contributed by atoms with Crippen molar-refractivity contribution in [2.45, 2.75) is 24.9 Å². The first-order valence-electron chi connectivity index (χ1n) is 3.88. The highest BCUT2D eigenvalue weighted by Crippen LogP contribution is 2.29. The van der Waals surface area contributed by atoms with Crippen LogP contribution in [0.4, 0.5) is 4.79 Å². The molecule has 2 bridgehead atoms. The van der Waals surface area contributed by atoms with E-state index < -0.39 is 0 Å². The van der Waals surface area contributed by atoms with Gasteiger partial charge in [-0.1, -0.05) is 12.6 Å². The van der Waals surface area contributed by atoms with Gasteiger partial charge in [-0.05, 0) is 12.8 Å². The Morgan fingerprint density at radius 2 is 1.91 bits per heavy atom. The molecule has 0 aromatic heterocycles. The van der Waals surface area contributed by atoms with E-state index in [1.165, 1.54) is 0 Å². The zero-order chi connectivity index (χ0) is 7.84. The van der Waals surface area contributed by atoms with Crippen LogP contribution in [0.1, 0.15) is 12.8 Å². The van der Waals surface area contributed by atoms with Crippen molar-refractivity contribution in [2.75, 3.05) is 13.2 Å². The molecule has 11 heavy (non-hydrogen) atoms. The van der Waals surface area contributed by atoms with E-state index >= 15 is 0 Å². The molecule has 0 aromatic rings. The number of rotatable bonds is 0. The predicted molar refractivity (Wildman–Crippen MR) is 43.9 cm³/mol. The van der Waals surface area contributed by atoms with E-state index in [1.807, 2.05) is 4.90 Å². The van der Waals surface area contributed by atoms with Gasteiger partial charge in [0.1, 0.15) is 0 Å². The van der Waals surface area contributed by atoms with Crippen LogP contribution in [0.5, 0.6) is 0 Å². The number of ether oxygens (including phenoxy) is 1. The maximum Gasteiger partial charge on any atom is 0.279 e. The summed E-state index contributed by atoms with van der Waals surface area (Å²) in [5, 5.41) is -0.0965. The van der Waals surface area contributed by atoms with E-state index in [9.17, 15) is 4.79 Å².